The molecule has 1 aliphatic rings. The number of likely N-dealkylation sites (tertiary alicyclic amines) is 1. The molecule has 0 saturated carbocycles. The van der Waals surface area contributed by atoms with Crippen LogP contribution in [0.15, 0.2) is 39.8 Å². The van der Waals surface area contributed by atoms with Crippen molar-refractivity contribution in [2.24, 2.45) is 0 Å². The highest BCUT2D eigenvalue weighted by Crippen LogP contribution is 2.22. The maximum atomic E-state index is 12.5. The van der Waals surface area contributed by atoms with Crippen LogP contribution in [0, 0.1) is 13.8 Å². The summed E-state index contributed by atoms with van der Waals surface area (Å²) in [5.74, 6) is -0.0946. The number of benzene rings is 1. The molecule has 2 amide bonds. The molecule has 0 spiro atoms. The molecule has 0 aliphatic carbocycles. The fraction of sp³-hybridized carbons (Fsp3) is 0.455. The van der Waals surface area contributed by atoms with Gasteiger partial charge in [0, 0.05) is 44.5 Å². The molecule has 1 aromatic carbocycles. The van der Waals surface area contributed by atoms with Gasteiger partial charge < -0.3 is 15.1 Å². The fourth-order valence-corrected chi connectivity index (χ4v) is 4.79. The lowest BCUT2D eigenvalue weighted by Gasteiger charge is -2.31. The van der Waals surface area contributed by atoms with E-state index in [1.54, 1.807) is 25.1 Å². The Kier molecular flexibility index (Phi) is 7.37. The summed E-state index contributed by atoms with van der Waals surface area (Å²) in [6.45, 7) is 5.08. The van der Waals surface area contributed by atoms with E-state index in [9.17, 15) is 18.0 Å². The molecule has 174 valence electrons. The number of carbonyl (C=O) groups is 2. The van der Waals surface area contributed by atoms with E-state index in [0.29, 0.717) is 30.1 Å². The molecule has 10 heteroatoms. The minimum absolute atomic E-state index is 0.0298. The summed E-state index contributed by atoms with van der Waals surface area (Å²) < 4.78 is 31.3. The van der Waals surface area contributed by atoms with Crippen molar-refractivity contribution in [1.82, 2.24) is 14.5 Å². The van der Waals surface area contributed by atoms with Gasteiger partial charge >= 0.3 is 0 Å². The van der Waals surface area contributed by atoms with Crippen molar-refractivity contribution in [3.8, 4) is 0 Å². The smallest absolute Gasteiger partial charge is 0.287 e. The standard InChI is InChI=1S/C22H30N4O5S/c1-15-5-6-18(13-19(15)32(29,30)25(3)4)23-20(27)14-26-10-7-17(8-11-26)24-22(28)21-16(2)9-12-31-21/h5-6,9,12-13,17H,7-8,10-11,14H2,1-4H3,(H,23,27)(H,24,28). The molecule has 1 aliphatic heterocycles. The van der Waals surface area contributed by atoms with E-state index in [-0.39, 0.29) is 29.3 Å². The number of nitrogens with one attached hydrogen (secondary N) is 2. The van der Waals surface area contributed by atoms with E-state index in [1.807, 2.05) is 11.8 Å². The topological polar surface area (TPSA) is 112 Å². The molecule has 1 saturated heterocycles. The SMILES string of the molecule is Cc1ccc(NC(=O)CN2CCC(NC(=O)c3occc3C)CC2)cc1S(=O)(=O)N(C)C. The Morgan fingerprint density at radius 1 is 1.12 bits per heavy atom. The number of hydrogen-bond donors (Lipinski definition) is 2. The van der Waals surface area contributed by atoms with E-state index in [2.05, 4.69) is 10.6 Å². The van der Waals surface area contributed by atoms with Crippen molar-refractivity contribution < 1.29 is 22.4 Å². The minimum Gasteiger partial charge on any atom is -0.459 e. The van der Waals surface area contributed by atoms with Gasteiger partial charge in [-0.25, -0.2) is 12.7 Å². The number of rotatable bonds is 7. The summed E-state index contributed by atoms with van der Waals surface area (Å²) in [6, 6.07) is 6.65. The maximum absolute atomic E-state index is 12.5. The Hall–Kier alpha value is -2.69. The number of carbonyl (C=O) groups excluding carboxylic acids is 2. The van der Waals surface area contributed by atoms with Gasteiger partial charge in [0.05, 0.1) is 17.7 Å². The van der Waals surface area contributed by atoms with Gasteiger partial charge in [-0.1, -0.05) is 6.07 Å². The third kappa shape index (κ3) is 5.56. The van der Waals surface area contributed by atoms with Gasteiger partial charge in [-0.05, 0) is 50.5 Å². The lowest BCUT2D eigenvalue weighted by atomic mass is 10.0. The molecule has 2 aromatic rings. The van der Waals surface area contributed by atoms with Crippen LogP contribution in [0.4, 0.5) is 5.69 Å². The second-order valence-electron chi connectivity index (χ2n) is 8.27. The Morgan fingerprint density at radius 2 is 1.81 bits per heavy atom. The van der Waals surface area contributed by atoms with Crippen LogP contribution in [0.1, 0.15) is 34.5 Å². The van der Waals surface area contributed by atoms with E-state index in [4.69, 9.17) is 4.42 Å². The zero-order valence-corrected chi connectivity index (χ0v) is 19.7. The number of amides is 2. The molecule has 1 aromatic heterocycles. The largest absolute Gasteiger partial charge is 0.459 e. The molecule has 1 fully saturated rings. The third-order valence-electron chi connectivity index (χ3n) is 5.59. The van der Waals surface area contributed by atoms with Crippen molar-refractivity contribution in [2.75, 3.05) is 39.0 Å². The van der Waals surface area contributed by atoms with E-state index < -0.39 is 10.0 Å². The Bertz CT molecular complexity index is 1090. The van der Waals surface area contributed by atoms with Crippen molar-refractivity contribution in [3.05, 3.63) is 47.4 Å². The number of aryl methyl sites for hydroxylation is 2. The number of sulfonamides is 1. The normalized spacial score (nSPS) is 15.7. The van der Waals surface area contributed by atoms with Crippen molar-refractivity contribution in [1.29, 1.82) is 0 Å². The third-order valence-corrected chi connectivity index (χ3v) is 7.55. The first-order chi connectivity index (χ1) is 15.1. The fourth-order valence-electron chi connectivity index (χ4n) is 3.65. The number of furan rings is 1. The lowest BCUT2D eigenvalue weighted by Crippen LogP contribution is -2.46. The van der Waals surface area contributed by atoms with Gasteiger partial charge in [0.1, 0.15) is 0 Å². The number of nitrogens with zero attached hydrogens (tertiary/aromatic N) is 2. The highest BCUT2D eigenvalue weighted by Gasteiger charge is 2.24. The first-order valence-electron chi connectivity index (χ1n) is 10.5. The predicted molar refractivity (Wildman–Crippen MR) is 121 cm³/mol. The Morgan fingerprint density at radius 3 is 2.41 bits per heavy atom. The van der Waals surface area contributed by atoms with Gasteiger partial charge in [-0.3, -0.25) is 14.5 Å². The van der Waals surface area contributed by atoms with Crippen LogP contribution in [-0.2, 0) is 14.8 Å². The monoisotopic (exact) mass is 462 g/mol. The quantitative estimate of drug-likeness (QED) is 0.651. The van der Waals surface area contributed by atoms with Gasteiger partial charge in [0.25, 0.3) is 5.91 Å². The highest BCUT2D eigenvalue weighted by molar-refractivity contribution is 7.89. The Labute approximate surface area is 188 Å². The van der Waals surface area contributed by atoms with Gasteiger partial charge in [-0.15, -0.1) is 0 Å². The molecule has 0 atom stereocenters. The highest BCUT2D eigenvalue weighted by atomic mass is 32.2. The molecule has 0 bridgehead atoms. The molecular weight excluding hydrogens is 432 g/mol. The molecule has 0 unspecified atom stereocenters. The summed E-state index contributed by atoms with van der Waals surface area (Å²) in [5.41, 5.74) is 1.86. The molecule has 2 heterocycles. The van der Waals surface area contributed by atoms with Crippen molar-refractivity contribution >= 4 is 27.5 Å². The first-order valence-corrected chi connectivity index (χ1v) is 11.9. The number of piperidine rings is 1. The summed E-state index contributed by atoms with van der Waals surface area (Å²) >= 11 is 0. The molecule has 0 radical (unpaired) electrons. The summed E-state index contributed by atoms with van der Waals surface area (Å²) in [7, 11) is -0.650. The van der Waals surface area contributed by atoms with E-state index >= 15 is 0 Å². The first kappa shape index (κ1) is 24.0. The van der Waals surface area contributed by atoms with Crippen LogP contribution in [0.25, 0.3) is 0 Å². The summed E-state index contributed by atoms with van der Waals surface area (Å²) in [6.07, 6.45) is 2.96. The van der Waals surface area contributed by atoms with Crippen LogP contribution in [0.5, 0.6) is 0 Å². The second-order valence-corrected chi connectivity index (χ2v) is 10.4. The average Bonchev–Trinajstić information content (AvgIpc) is 3.16. The lowest BCUT2D eigenvalue weighted by molar-refractivity contribution is -0.117. The van der Waals surface area contributed by atoms with Crippen molar-refractivity contribution in [3.63, 3.8) is 0 Å². The van der Waals surface area contributed by atoms with Crippen molar-refractivity contribution in [2.45, 2.75) is 37.6 Å². The summed E-state index contributed by atoms with van der Waals surface area (Å²) in [5, 5.41) is 5.78. The second kappa shape index (κ2) is 9.85. The van der Waals surface area contributed by atoms with E-state index in [0.717, 1.165) is 22.7 Å². The van der Waals surface area contributed by atoms with Gasteiger partial charge in [0.2, 0.25) is 15.9 Å². The molecule has 32 heavy (non-hydrogen) atoms. The number of hydrogen-bond acceptors (Lipinski definition) is 6. The van der Waals surface area contributed by atoms with Crippen LogP contribution in [0.2, 0.25) is 0 Å². The molecule has 9 nitrogen and oxygen atoms in total. The van der Waals surface area contributed by atoms with E-state index in [1.165, 1.54) is 26.4 Å². The average molecular weight is 463 g/mol. The zero-order chi connectivity index (χ0) is 23.5. The summed E-state index contributed by atoms with van der Waals surface area (Å²) in [4.78, 5) is 27.0. The molecule has 3 rings (SSSR count). The van der Waals surface area contributed by atoms with Gasteiger partial charge in [0.15, 0.2) is 5.76 Å². The van der Waals surface area contributed by atoms with Crippen LogP contribution in [-0.4, -0.2) is 69.2 Å². The van der Waals surface area contributed by atoms with Crippen LogP contribution in [0.3, 0.4) is 0 Å². The van der Waals surface area contributed by atoms with Crippen LogP contribution >= 0.6 is 0 Å². The Balaban J connectivity index is 1.51. The zero-order valence-electron chi connectivity index (χ0n) is 18.8. The molecule has 2 N–H and O–H groups in total. The number of anilines is 1. The van der Waals surface area contributed by atoms with Gasteiger partial charge in [-0.2, -0.15) is 0 Å². The predicted octanol–water partition coefficient (Wildman–Crippen LogP) is 1.98. The molecular formula is C22H30N4O5S. The maximum Gasteiger partial charge on any atom is 0.287 e. The van der Waals surface area contributed by atoms with Crippen LogP contribution < -0.4 is 10.6 Å². The minimum atomic E-state index is -3.60.